The second kappa shape index (κ2) is 6.13. The third-order valence-corrected chi connectivity index (χ3v) is 6.06. The topological polar surface area (TPSA) is 98.0 Å². The Hall–Kier alpha value is -1.81. The van der Waals surface area contributed by atoms with Crippen LogP contribution in [-0.4, -0.2) is 18.4 Å². The Balaban J connectivity index is 1.68. The van der Waals surface area contributed by atoms with E-state index in [4.69, 9.17) is 5.14 Å². The van der Waals surface area contributed by atoms with Crippen LogP contribution >= 0.6 is 22.7 Å². The number of aromatic nitrogens is 2. The Morgan fingerprint density at radius 1 is 1.23 bits per heavy atom. The lowest BCUT2D eigenvalue weighted by molar-refractivity contribution is 0.599. The highest BCUT2D eigenvalue weighted by molar-refractivity contribution is 7.91. The van der Waals surface area contributed by atoms with Crippen LogP contribution in [0.3, 0.4) is 0 Å². The van der Waals surface area contributed by atoms with E-state index in [1.165, 1.54) is 6.20 Å². The monoisotopic (exact) mass is 352 g/mol. The number of rotatable bonds is 5. The molecule has 0 saturated carbocycles. The summed E-state index contributed by atoms with van der Waals surface area (Å²) in [5.74, 6) is 0. The second-order valence-corrected chi connectivity index (χ2v) is 8.07. The summed E-state index contributed by atoms with van der Waals surface area (Å²) in [5, 5.41) is 11.5. The van der Waals surface area contributed by atoms with Crippen LogP contribution in [0.2, 0.25) is 0 Å². The quantitative estimate of drug-likeness (QED) is 0.735. The highest BCUT2D eigenvalue weighted by Crippen LogP contribution is 2.25. The number of nitrogens with one attached hydrogen (secondary N) is 1. The van der Waals surface area contributed by atoms with Gasteiger partial charge in [-0.25, -0.2) is 23.5 Å². The van der Waals surface area contributed by atoms with E-state index >= 15 is 0 Å². The molecular formula is C13H12N4O2S3. The lowest BCUT2D eigenvalue weighted by Crippen LogP contribution is -2.09. The number of anilines is 1. The number of thiazole rings is 2. The van der Waals surface area contributed by atoms with Gasteiger partial charge in [-0.15, -0.1) is 11.3 Å². The molecule has 3 N–H and O–H groups in total. The number of hydrogen-bond donors (Lipinski definition) is 2. The standard InChI is InChI=1S/C13H12N4O2S3/c14-22(18,19)11-7-16-13(21-11)15-6-10-8-20-12(17-10)9-4-2-1-3-5-9/h1-5,7-8H,6H2,(H,15,16)(H2,14,18,19). The first-order valence-corrected chi connectivity index (χ1v) is 9.49. The van der Waals surface area contributed by atoms with Gasteiger partial charge in [0.2, 0.25) is 10.0 Å². The molecule has 0 amide bonds. The Kier molecular flexibility index (Phi) is 4.21. The van der Waals surface area contributed by atoms with Crippen molar-refractivity contribution in [1.29, 1.82) is 0 Å². The first kappa shape index (κ1) is 15.1. The smallest absolute Gasteiger partial charge is 0.249 e. The van der Waals surface area contributed by atoms with Crippen molar-refractivity contribution in [2.24, 2.45) is 5.14 Å². The van der Waals surface area contributed by atoms with Gasteiger partial charge < -0.3 is 5.32 Å². The average molecular weight is 352 g/mol. The Morgan fingerprint density at radius 3 is 2.68 bits per heavy atom. The summed E-state index contributed by atoms with van der Waals surface area (Å²) in [6.45, 7) is 0.473. The van der Waals surface area contributed by atoms with Gasteiger partial charge in [0.1, 0.15) is 5.01 Å². The van der Waals surface area contributed by atoms with Crippen molar-refractivity contribution < 1.29 is 8.42 Å². The number of nitrogens with zero attached hydrogens (tertiary/aromatic N) is 2. The van der Waals surface area contributed by atoms with Gasteiger partial charge in [-0.1, -0.05) is 41.7 Å². The molecule has 3 rings (SSSR count). The molecule has 1 aromatic carbocycles. The van der Waals surface area contributed by atoms with Gasteiger partial charge in [0, 0.05) is 10.9 Å². The summed E-state index contributed by atoms with van der Waals surface area (Å²) >= 11 is 2.57. The number of hydrogen-bond acceptors (Lipinski definition) is 7. The molecule has 0 spiro atoms. The molecule has 0 unspecified atom stereocenters. The van der Waals surface area contributed by atoms with E-state index in [2.05, 4.69) is 15.3 Å². The molecule has 9 heteroatoms. The third-order valence-electron chi connectivity index (χ3n) is 2.76. The molecule has 0 aliphatic heterocycles. The maximum atomic E-state index is 11.2. The minimum absolute atomic E-state index is 0.0400. The summed E-state index contributed by atoms with van der Waals surface area (Å²) in [4.78, 5) is 8.53. The van der Waals surface area contributed by atoms with Crippen molar-refractivity contribution in [2.45, 2.75) is 10.8 Å². The number of sulfonamides is 1. The number of primary sulfonamides is 1. The van der Waals surface area contributed by atoms with Crippen molar-refractivity contribution in [3.8, 4) is 10.6 Å². The van der Waals surface area contributed by atoms with E-state index in [0.717, 1.165) is 27.6 Å². The van der Waals surface area contributed by atoms with Crippen LogP contribution in [0.4, 0.5) is 5.13 Å². The van der Waals surface area contributed by atoms with Gasteiger partial charge in [-0.05, 0) is 0 Å². The third kappa shape index (κ3) is 3.50. The fourth-order valence-electron chi connectivity index (χ4n) is 1.74. The molecule has 0 aliphatic rings. The molecule has 0 fully saturated rings. The predicted molar refractivity (Wildman–Crippen MR) is 88.4 cm³/mol. The largest absolute Gasteiger partial charge is 0.356 e. The normalized spacial score (nSPS) is 11.5. The van der Waals surface area contributed by atoms with Gasteiger partial charge in [0.15, 0.2) is 9.34 Å². The molecule has 0 bridgehead atoms. The van der Waals surface area contributed by atoms with E-state index in [1.807, 2.05) is 35.7 Å². The molecular weight excluding hydrogens is 340 g/mol. The van der Waals surface area contributed by atoms with E-state index in [-0.39, 0.29) is 4.21 Å². The van der Waals surface area contributed by atoms with Crippen molar-refractivity contribution in [1.82, 2.24) is 9.97 Å². The van der Waals surface area contributed by atoms with E-state index in [1.54, 1.807) is 11.3 Å². The van der Waals surface area contributed by atoms with Crippen LogP contribution in [-0.2, 0) is 16.6 Å². The zero-order chi connectivity index (χ0) is 15.6. The van der Waals surface area contributed by atoms with Gasteiger partial charge >= 0.3 is 0 Å². The summed E-state index contributed by atoms with van der Waals surface area (Å²) in [7, 11) is -3.69. The molecule has 2 aromatic heterocycles. The molecule has 2 heterocycles. The molecule has 3 aromatic rings. The minimum Gasteiger partial charge on any atom is -0.356 e. The first-order valence-electron chi connectivity index (χ1n) is 6.25. The second-order valence-electron chi connectivity index (χ2n) is 4.39. The van der Waals surface area contributed by atoms with Gasteiger partial charge in [0.05, 0.1) is 18.4 Å². The lowest BCUT2D eigenvalue weighted by atomic mass is 10.2. The van der Waals surface area contributed by atoms with Crippen LogP contribution in [0.5, 0.6) is 0 Å². The van der Waals surface area contributed by atoms with Crippen LogP contribution < -0.4 is 10.5 Å². The highest BCUT2D eigenvalue weighted by atomic mass is 32.2. The zero-order valence-corrected chi connectivity index (χ0v) is 13.7. The minimum atomic E-state index is -3.69. The molecule has 0 saturated heterocycles. The van der Waals surface area contributed by atoms with Crippen molar-refractivity contribution >= 4 is 37.8 Å². The summed E-state index contributed by atoms with van der Waals surface area (Å²) in [6, 6.07) is 9.92. The van der Waals surface area contributed by atoms with E-state index < -0.39 is 10.0 Å². The van der Waals surface area contributed by atoms with Crippen LogP contribution in [0, 0.1) is 0 Å². The van der Waals surface area contributed by atoms with Gasteiger partial charge in [0.25, 0.3) is 0 Å². The van der Waals surface area contributed by atoms with Crippen LogP contribution in [0.1, 0.15) is 5.69 Å². The van der Waals surface area contributed by atoms with Crippen molar-refractivity contribution in [2.75, 3.05) is 5.32 Å². The molecule has 6 nitrogen and oxygen atoms in total. The molecule has 0 atom stereocenters. The number of benzene rings is 1. The molecule has 114 valence electrons. The molecule has 0 radical (unpaired) electrons. The maximum absolute atomic E-state index is 11.2. The van der Waals surface area contributed by atoms with E-state index in [9.17, 15) is 8.42 Å². The zero-order valence-electron chi connectivity index (χ0n) is 11.3. The Morgan fingerprint density at radius 2 is 2.00 bits per heavy atom. The molecule has 0 aliphatic carbocycles. The average Bonchev–Trinajstić information content (AvgIpc) is 3.15. The lowest BCUT2D eigenvalue weighted by Gasteiger charge is -1.98. The van der Waals surface area contributed by atoms with Crippen molar-refractivity contribution in [3.05, 3.63) is 47.6 Å². The SMILES string of the molecule is NS(=O)(=O)c1cnc(NCc2csc(-c3ccccc3)n2)s1. The highest BCUT2D eigenvalue weighted by Gasteiger charge is 2.12. The summed E-state index contributed by atoms with van der Waals surface area (Å²) in [6.07, 6.45) is 1.25. The first-order chi connectivity index (χ1) is 10.5. The van der Waals surface area contributed by atoms with Crippen LogP contribution in [0.15, 0.2) is 46.1 Å². The predicted octanol–water partition coefficient (Wildman–Crippen LogP) is 2.53. The van der Waals surface area contributed by atoms with E-state index in [0.29, 0.717) is 11.7 Å². The van der Waals surface area contributed by atoms with Crippen LogP contribution in [0.25, 0.3) is 10.6 Å². The maximum Gasteiger partial charge on any atom is 0.249 e. The fraction of sp³-hybridized carbons (Fsp3) is 0.0769. The molecule has 22 heavy (non-hydrogen) atoms. The van der Waals surface area contributed by atoms with Gasteiger partial charge in [-0.2, -0.15) is 0 Å². The summed E-state index contributed by atoms with van der Waals surface area (Å²) in [5.41, 5.74) is 1.95. The number of nitrogens with two attached hydrogens (primary N) is 1. The van der Waals surface area contributed by atoms with Gasteiger partial charge in [-0.3, -0.25) is 0 Å². The fourth-order valence-corrected chi connectivity index (χ4v) is 4.01. The Labute approximate surface area is 135 Å². The van der Waals surface area contributed by atoms with Crippen molar-refractivity contribution in [3.63, 3.8) is 0 Å². The summed E-state index contributed by atoms with van der Waals surface area (Å²) < 4.78 is 22.4. The Bertz CT molecular complexity index is 872.